The van der Waals surface area contributed by atoms with Crippen LogP contribution in [0.4, 0.5) is 0 Å². The lowest BCUT2D eigenvalue weighted by molar-refractivity contribution is 2.13. The minimum atomic E-state index is 0. The number of rotatable bonds is 0. The van der Waals surface area contributed by atoms with E-state index < -0.39 is 0 Å². The van der Waals surface area contributed by atoms with Crippen molar-refractivity contribution in [1.29, 1.82) is 0 Å². The molecule has 0 aliphatic carbocycles. The first-order valence-corrected chi connectivity index (χ1v) is 6.29. The summed E-state index contributed by atoms with van der Waals surface area (Å²) in [6.45, 7) is 0. The fourth-order valence-electron chi connectivity index (χ4n) is 0. The van der Waals surface area contributed by atoms with Crippen LogP contribution in [0.25, 0.3) is 0 Å². The van der Waals surface area contributed by atoms with Crippen LogP contribution in [0.3, 0.4) is 0 Å². The molecule has 0 fully saturated rings. The van der Waals surface area contributed by atoms with Crippen molar-refractivity contribution in [2.24, 2.45) is 0 Å². The smallest absolute Gasteiger partial charge is 0.344 e. The van der Waals surface area contributed by atoms with E-state index in [9.17, 15) is 0 Å². The predicted molar refractivity (Wildman–Crippen MR) is 25.6 cm³/mol. The lowest BCUT2D eigenvalue weighted by atomic mass is 11.9. The second-order valence-electron chi connectivity index (χ2n) is 0.267. The van der Waals surface area contributed by atoms with E-state index in [1.807, 2.05) is 0 Å². The first kappa shape index (κ1) is 8.96. The van der Waals surface area contributed by atoms with Crippen LogP contribution >= 0.6 is 12.9 Å². The lowest BCUT2D eigenvalue weighted by Crippen LogP contribution is -1.43. The Kier molecular flexibility index (Phi) is 19.9. The molecule has 0 unspecified atom stereocenters. The van der Waals surface area contributed by atoms with Crippen LogP contribution in [0, 0.1) is 0 Å². The largest absolute Gasteiger partial charge is 0.465 e. The fourth-order valence-corrected chi connectivity index (χ4v) is 0. The summed E-state index contributed by atoms with van der Waals surface area (Å²) in [5.41, 5.74) is 0. The first-order valence-electron chi connectivity index (χ1n) is 0.974. The van der Waals surface area contributed by atoms with Gasteiger partial charge in [-0.2, -0.15) is 0 Å². The van der Waals surface area contributed by atoms with Gasteiger partial charge in [-0.05, 0) is 0 Å². The van der Waals surface area contributed by atoms with Crippen LogP contribution in [0.2, 0.25) is 5.05 Å². The van der Waals surface area contributed by atoms with Crippen molar-refractivity contribution < 1.29 is 0 Å². The second kappa shape index (κ2) is 8.88. The molecule has 3 heteroatoms. The zero-order chi connectivity index (χ0) is 2.71. The van der Waals surface area contributed by atoms with Gasteiger partial charge in [-0.1, -0.05) is 0 Å². The van der Waals surface area contributed by atoms with Crippen LogP contribution in [0.15, 0.2) is 0 Å². The van der Waals surface area contributed by atoms with E-state index in [2.05, 4.69) is 17.9 Å². The van der Waals surface area contributed by atoms with Crippen LogP contribution < -0.4 is 6.15 Å². The molecule has 0 saturated carbocycles. The van der Waals surface area contributed by atoms with Crippen LogP contribution in [-0.4, -0.2) is 18.2 Å². The molecule has 0 aromatic carbocycles. The molecule has 0 bridgehead atoms. The highest BCUT2D eigenvalue weighted by atomic mass is 79.9. The maximum Gasteiger partial charge on any atom is 0.465 e. The summed E-state index contributed by atoms with van der Waals surface area (Å²) in [4.78, 5) is 0. The van der Waals surface area contributed by atoms with E-state index in [1.165, 1.54) is 0 Å². The molecule has 0 aromatic rings. The fraction of sp³-hybridized carbons (Fsp3) is 1.00. The summed E-state index contributed by atoms with van der Waals surface area (Å²) >= 11 is 3.51. The van der Waals surface area contributed by atoms with Crippen molar-refractivity contribution in [2.45, 2.75) is 5.05 Å². The summed E-state index contributed by atoms with van der Waals surface area (Å²) in [6.07, 6.45) is 0. The standard InChI is InChI=1S/CH3.BrH.Mg.H3N/h1H3;1H;;1H3/q;;+1;/p-1. The summed E-state index contributed by atoms with van der Waals surface area (Å²) in [7, 11) is 0. The summed E-state index contributed by atoms with van der Waals surface area (Å²) in [5, 5.41) is 2.18. The van der Waals surface area contributed by atoms with E-state index in [-0.39, 0.29) is 24.3 Å². The van der Waals surface area contributed by atoms with Crippen LogP contribution in [-0.2, 0) is 0 Å². The third-order valence-corrected chi connectivity index (χ3v) is 0. The Morgan fingerprint density at radius 2 is 1.75 bits per heavy atom. The highest BCUT2D eigenvalue weighted by molar-refractivity contribution is 9.23. The maximum absolute atomic E-state index is 3.28. The highest BCUT2D eigenvalue weighted by Gasteiger charge is 1.58. The molecular weight excluding hydrogens is 130 g/mol. The van der Waals surface area contributed by atoms with Crippen molar-refractivity contribution in [1.82, 2.24) is 6.15 Å². The Morgan fingerprint density at radius 3 is 1.75 bits per heavy atom. The third-order valence-electron chi connectivity index (χ3n) is 0. The molecule has 0 rings (SSSR count). The van der Waals surface area contributed by atoms with Crippen molar-refractivity contribution in [2.75, 3.05) is 0 Å². The molecule has 0 atom stereocenters. The van der Waals surface area contributed by atoms with Gasteiger partial charge in [0.1, 0.15) is 0 Å². The Labute approximate surface area is 42.3 Å². The average Bonchev–Trinajstić information content (AvgIpc) is 0.918. The number of halogens is 1. The maximum atomic E-state index is 3.28. The first-order chi connectivity index (χ1) is 1.41. The molecule has 0 saturated heterocycles. The molecule has 0 aliphatic rings. The van der Waals surface area contributed by atoms with Gasteiger partial charge in [0.25, 0.3) is 0 Å². The van der Waals surface area contributed by atoms with Gasteiger partial charge in [0.15, 0.2) is 0 Å². The highest BCUT2D eigenvalue weighted by Crippen LogP contribution is 1.62. The molecule has 0 spiro atoms. The molecule has 0 aromatic heterocycles. The van der Waals surface area contributed by atoms with Crippen molar-refractivity contribution in [3.63, 3.8) is 0 Å². The molecule has 0 radical (unpaired) electrons. The molecular formula is CH6BrMgN. The van der Waals surface area contributed by atoms with Crippen molar-refractivity contribution >= 4 is 31.1 Å². The van der Waals surface area contributed by atoms with Crippen molar-refractivity contribution in [3.05, 3.63) is 0 Å². The average molecular weight is 136 g/mol. The number of hydrogen-bond acceptors (Lipinski definition) is 1. The minimum absolute atomic E-state index is 0. The molecule has 0 heterocycles. The molecule has 4 heavy (non-hydrogen) atoms. The predicted octanol–water partition coefficient (Wildman–Crippen LogP) is 1.21. The van der Waals surface area contributed by atoms with Gasteiger partial charge in [-0.15, -0.1) is 5.05 Å². The topological polar surface area (TPSA) is 35.0 Å². The monoisotopic (exact) mass is 135 g/mol. The lowest BCUT2D eigenvalue weighted by Gasteiger charge is -1.34. The summed E-state index contributed by atoms with van der Waals surface area (Å²) in [5.74, 6) is 0. The summed E-state index contributed by atoms with van der Waals surface area (Å²) in [6, 6.07) is 0. The molecule has 3 N–H and O–H groups in total. The van der Waals surface area contributed by atoms with Gasteiger partial charge < -0.3 is 19.0 Å². The van der Waals surface area contributed by atoms with Gasteiger partial charge in [0.2, 0.25) is 0 Å². The van der Waals surface area contributed by atoms with Crippen molar-refractivity contribution in [3.8, 4) is 0 Å². The zero-order valence-electron chi connectivity index (χ0n) is 2.79. The summed E-state index contributed by atoms with van der Waals surface area (Å²) < 4.78 is 0. The minimum Gasteiger partial charge on any atom is -0.344 e. The van der Waals surface area contributed by atoms with Gasteiger partial charge in [-0.3, -0.25) is 0 Å². The van der Waals surface area contributed by atoms with Gasteiger partial charge in [-0.25, -0.2) is 0 Å². The Morgan fingerprint density at radius 1 is 1.75 bits per heavy atom. The normalized spacial score (nSPS) is 2.50. The molecule has 1 nitrogen and oxygen atoms in total. The third kappa shape index (κ3) is 10.7. The SMILES string of the molecule is N.[CH3][Mg][Br]. The quantitative estimate of drug-likeness (QED) is 0.499. The van der Waals surface area contributed by atoms with E-state index in [4.69, 9.17) is 0 Å². The second-order valence-corrected chi connectivity index (χ2v) is 4.17. The Balaban J connectivity index is 0. The molecule has 0 aliphatic heterocycles. The van der Waals surface area contributed by atoms with Crippen LogP contribution in [0.1, 0.15) is 0 Å². The van der Waals surface area contributed by atoms with Crippen LogP contribution in [0.5, 0.6) is 0 Å². The van der Waals surface area contributed by atoms with E-state index >= 15 is 0 Å². The van der Waals surface area contributed by atoms with E-state index in [0.717, 1.165) is 0 Å². The Bertz CT molecular complexity index is 8.00. The molecule has 24 valence electrons. The zero-order valence-corrected chi connectivity index (χ0v) is 5.79. The Hall–Kier alpha value is 1.21. The number of hydrogen-bond donors (Lipinski definition) is 1. The van der Waals surface area contributed by atoms with Gasteiger partial charge in [0.05, 0.1) is 0 Å². The van der Waals surface area contributed by atoms with E-state index in [1.54, 1.807) is 0 Å². The van der Waals surface area contributed by atoms with Gasteiger partial charge >= 0.3 is 18.2 Å². The molecule has 0 amide bonds. The van der Waals surface area contributed by atoms with E-state index in [0.29, 0.717) is 0 Å². The van der Waals surface area contributed by atoms with Gasteiger partial charge in [0, 0.05) is 0 Å².